The number of imide groups is 1. The topological polar surface area (TPSA) is 40.6 Å². The molecule has 2 heterocycles. The highest BCUT2D eigenvalue weighted by Crippen LogP contribution is 2.31. The molecule has 0 radical (unpaired) electrons. The van der Waals surface area contributed by atoms with E-state index in [2.05, 4.69) is 4.90 Å². The lowest BCUT2D eigenvalue weighted by Crippen LogP contribution is -2.38. The third-order valence-corrected chi connectivity index (χ3v) is 4.71. The number of nitrogens with zero attached hydrogens (tertiary/aromatic N) is 2. The molecule has 2 amide bonds. The van der Waals surface area contributed by atoms with Crippen LogP contribution in [0, 0.1) is 5.92 Å². The zero-order chi connectivity index (χ0) is 15.7. The first-order valence-electron chi connectivity index (χ1n) is 7.60. The van der Waals surface area contributed by atoms with Crippen molar-refractivity contribution in [1.29, 1.82) is 0 Å². The smallest absolute Gasteiger partial charge is 0.238 e. The number of carbonyl (C=O) groups is 2. The summed E-state index contributed by atoms with van der Waals surface area (Å²) in [7, 11) is 0. The van der Waals surface area contributed by atoms with Gasteiger partial charge in [-0.1, -0.05) is 29.6 Å². The van der Waals surface area contributed by atoms with E-state index in [1.165, 1.54) is 24.2 Å². The van der Waals surface area contributed by atoms with Gasteiger partial charge in [-0.25, -0.2) is 0 Å². The van der Waals surface area contributed by atoms with E-state index >= 15 is 0 Å². The molecule has 1 unspecified atom stereocenters. The first-order chi connectivity index (χ1) is 10.5. The van der Waals surface area contributed by atoms with Crippen LogP contribution in [0.1, 0.15) is 25.7 Å². The van der Waals surface area contributed by atoms with Crippen LogP contribution in [0.5, 0.6) is 0 Å². The highest BCUT2D eigenvalue weighted by Gasteiger charge is 2.40. The van der Waals surface area contributed by atoms with Gasteiger partial charge in [0.1, 0.15) is 0 Å². The van der Waals surface area contributed by atoms with Crippen LogP contribution >= 0.6 is 23.2 Å². The fraction of sp³-hybridized carbons (Fsp3) is 0.500. The third kappa shape index (κ3) is 3.29. The van der Waals surface area contributed by atoms with Crippen molar-refractivity contribution < 1.29 is 9.59 Å². The van der Waals surface area contributed by atoms with Gasteiger partial charge in [0, 0.05) is 23.0 Å². The second kappa shape index (κ2) is 6.57. The summed E-state index contributed by atoms with van der Waals surface area (Å²) in [6.45, 7) is 2.69. The number of benzene rings is 1. The van der Waals surface area contributed by atoms with Gasteiger partial charge < -0.3 is 4.90 Å². The predicted octanol–water partition coefficient (Wildman–Crippen LogP) is 3.36. The van der Waals surface area contributed by atoms with Gasteiger partial charge in [0.2, 0.25) is 11.8 Å². The highest BCUT2D eigenvalue weighted by molar-refractivity contribution is 6.35. The Morgan fingerprint density at radius 2 is 1.64 bits per heavy atom. The van der Waals surface area contributed by atoms with Crippen molar-refractivity contribution in [3.05, 3.63) is 28.2 Å². The van der Waals surface area contributed by atoms with Crippen LogP contribution in [0.3, 0.4) is 0 Å². The lowest BCUT2D eigenvalue weighted by Gasteiger charge is -2.28. The molecule has 1 aromatic carbocycles. The van der Waals surface area contributed by atoms with Gasteiger partial charge >= 0.3 is 0 Å². The van der Waals surface area contributed by atoms with E-state index in [1.807, 2.05) is 0 Å². The fourth-order valence-electron chi connectivity index (χ4n) is 3.23. The molecule has 3 rings (SSSR count). The van der Waals surface area contributed by atoms with Crippen molar-refractivity contribution in [2.24, 2.45) is 5.92 Å². The minimum absolute atomic E-state index is 0.145. The van der Waals surface area contributed by atoms with Crippen LogP contribution in [0.25, 0.3) is 0 Å². The summed E-state index contributed by atoms with van der Waals surface area (Å²) in [6, 6.07) is 4.79. The molecule has 0 bridgehead atoms. The van der Waals surface area contributed by atoms with E-state index in [0.717, 1.165) is 13.1 Å². The summed E-state index contributed by atoms with van der Waals surface area (Å²) in [5.74, 6) is -0.581. The summed E-state index contributed by atoms with van der Waals surface area (Å²) in [6.07, 6.45) is 3.85. The highest BCUT2D eigenvalue weighted by atomic mass is 35.5. The number of hydrogen-bond donors (Lipinski definition) is 0. The average Bonchev–Trinajstić information content (AvgIpc) is 2.73. The Morgan fingerprint density at radius 3 is 2.27 bits per heavy atom. The van der Waals surface area contributed by atoms with Crippen LogP contribution in [-0.4, -0.2) is 36.3 Å². The van der Waals surface area contributed by atoms with E-state index in [9.17, 15) is 9.59 Å². The largest absolute Gasteiger partial charge is 0.303 e. The quantitative estimate of drug-likeness (QED) is 0.792. The van der Waals surface area contributed by atoms with Crippen LogP contribution in [-0.2, 0) is 9.59 Å². The average molecular weight is 341 g/mol. The first-order valence-corrected chi connectivity index (χ1v) is 8.35. The van der Waals surface area contributed by atoms with Gasteiger partial charge in [0.15, 0.2) is 0 Å². The molecule has 118 valence electrons. The number of anilines is 1. The molecule has 0 spiro atoms. The third-order valence-electron chi connectivity index (χ3n) is 4.27. The number of halogens is 2. The maximum atomic E-state index is 12.6. The number of hydrogen-bond acceptors (Lipinski definition) is 3. The van der Waals surface area contributed by atoms with Gasteiger partial charge in [0.05, 0.1) is 11.6 Å². The summed E-state index contributed by atoms with van der Waals surface area (Å²) < 4.78 is 0. The summed E-state index contributed by atoms with van der Waals surface area (Å²) >= 11 is 11.9. The number of carbonyl (C=O) groups excluding carboxylic acids is 2. The minimum Gasteiger partial charge on any atom is -0.303 e. The fourth-order valence-corrected chi connectivity index (χ4v) is 3.75. The Labute approximate surface area is 140 Å². The van der Waals surface area contributed by atoms with E-state index in [1.54, 1.807) is 18.2 Å². The molecule has 1 aromatic rings. The second-order valence-corrected chi connectivity index (χ2v) is 6.83. The number of likely N-dealkylation sites (tertiary alicyclic amines) is 1. The molecule has 2 saturated heterocycles. The monoisotopic (exact) mass is 340 g/mol. The van der Waals surface area contributed by atoms with Gasteiger partial charge in [-0.05, 0) is 44.1 Å². The summed E-state index contributed by atoms with van der Waals surface area (Å²) in [5, 5.41) is 0.838. The van der Waals surface area contributed by atoms with Crippen LogP contribution in [0.15, 0.2) is 18.2 Å². The normalized spacial score (nSPS) is 23.4. The number of piperidine rings is 1. The van der Waals surface area contributed by atoms with Gasteiger partial charge in [-0.15, -0.1) is 0 Å². The second-order valence-electron chi connectivity index (χ2n) is 5.96. The number of rotatable bonds is 3. The van der Waals surface area contributed by atoms with Crippen molar-refractivity contribution >= 4 is 40.7 Å². The maximum Gasteiger partial charge on any atom is 0.238 e. The van der Waals surface area contributed by atoms with Crippen molar-refractivity contribution in [1.82, 2.24) is 4.90 Å². The SMILES string of the molecule is O=C1CC(CN2CCCCC2)C(=O)N1c1cc(Cl)cc(Cl)c1. The molecule has 2 aliphatic rings. The summed E-state index contributed by atoms with van der Waals surface area (Å²) in [4.78, 5) is 28.4. The van der Waals surface area contributed by atoms with Crippen molar-refractivity contribution in [2.75, 3.05) is 24.5 Å². The lowest BCUT2D eigenvalue weighted by atomic mass is 10.0. The molecule has 2 fully saturated rings. The van der Waals surface area contributed by atoms with Crippen LogP contribution in [0.2, 0.25) is 10.0 Å². The molecule has 6 heteroatoms. The van der Waals surface area contributed by atoms with E-state index < -0.39 is 0 Å². The molecule has 0 aliphatic carbocycles. The van der Waals surface area contributed by atoms with E-state index in [0.29, 0.717) is 22.3 Å². The van der Waals surface area contributed by atoms with Crippen molar-refractivity contribution in [3.63, 3.8) is 0 Å². The van der Waals surface area contributed by atoms with Gasteiger partial charge in [-0.2, -0.15) is 0 Å². The Morgan fingerprint density at radius 1 is 1.00 bits per heavy atom. The van der Waals surface area contributed by atoms with E-state index in [-0.39, 0.29) is 24.2 Å². The van der Waals surface area contributed by atoms with Gasteiger partial charge in [-0.3, -0.25) is 14.5 Å². The molecule has 2 aliphatic heterocycles. The molecule has 0 N–H and O–H groups in total. The molecule has 4 nitrogen and oxygen atoms in total. The van der Waals surface area contributed by atoms with E-state index in [4.69, 9.17) is 23.2 Å². The molecule has 22 heavy (non-hydrogen) atoms. The molecule has 0 aromatic heterocycles. The Hall–Kier alpha value is -1.10. The minimum atomic E-state index is -0.261. The lowest BCUT2D eigenvalue weighted by molar-refractivity contribution is -0.122. The first kappa shape index (κ1) is 15.8. The van der Waals surface area contributed by atoms with Crippen LogP contribution in [0.4, 0.5) is 5.69 Å². The molecule has 0 saturated carbocycles. The van der Waals surface area contributed by atoms with Crippen LogP contribution < -0.4 is 4.90 Å². The van der Waals surface area contributed by atoms with Crippen molar-refractivity contribution in [3.8, 4) is 0 Å². The van der Waals surface area contributed by atoms with Gasteiger partial charge in [0.25, 0.3) is 0 Å². The summed E-state index contributed by atoms with van der Waals surface area (Å²) in [5.41, 5.74) is 0.466. The Bertz CT molecular complexity index is 580. The maximum absolute atomic E-state index is 12.6. The standard InChI is InChI=1S/C16H18Cl2N2O2/c17-12-7-13(18)9-14(8-12)20-15(21)6-11(16(20)22)10-19-4-2-1-3-5-19/h7-9,11H,1-6,10H2. The molecular formula is C16H18Cl2N2O2. The zero-order valence-corrected chi connectivity index (χ0v) is 13.7. The Balaban J connectivity index is 1.76. The molecule has 1 atom stereocenters. The number of amides is 2. The Kier molecular flexibility index (Phi) is 4.71. The zero-order valence-electron chi connectivity index (χ0n) is 12.2. The van der Waals surface area contributed by atoms with Crippen molar-refractivity contribution in [2.45, 2.75) is 25.7 Å². The predicted molar refractivity (Wildman–Crippen MR) is 87.4 cm³/mol. The molecular weight excluding hydrogens is 323 g/mol.